The highest BCUT2D eigenvalue weighted by atomic mass is 16.5. The number of rotatable bonds is 10. The van der Waals surface area contributed by atoms with Gasteiger partial charge in [0.15, 0.2) is 0 Å². The largest absolute Gasteiger partial charge is 0.380 e. The number of hydrogen-bond acceptors (Lipinski definition) is 4. The summed E-state index contributed by atoms with van der Waals surface area (Å²) in [4.78, 5) is 0. The molecule has 1 aromatic carbocycles. The summed E-state index contributed by atoms with van der Waals surface area (Å²) in [5.41, 5.74) is 2.51. The Bertz CT molecular complexity index is 374. The highest BCUT2D eigenvalue weighted by molar-refractivity contribution is 5.21. The van der Waals surface area contributed by atoms with Crippen LogP contribution in [0.4, 0.5) is 0 Å². The molecule has 1 atom stereocenters. The van der Waals surface area contributed by atoms with Crippen LogP contribution in [0.25, 0.3) is 0 Å². The summed E-state index contributed by atoms with van der Waals surface area (Å²) in [5.74, 6) is 0. The first kappa shape index (κ1) is 16.4. The fourth-order valence-electron chi connectivity index (χ4n) is 2.44. The highest BCUT2D eigenvalue weighted by Crippen LogP contribution is 2.11. The first-order chi connectivity index (χ1) is 10.4. The smallest absolute Gasteiger partial charge is 0.0809 e. The summed E-state index contributed by atoms with van der Waals surface area (Å²) in [5, 5.41) is 3.44. The van der Waals surface area contributed by atoms with Crippen molar-refractivity contribution in [3.63, 3.8) is 0 Å². The number of hydrogen-bond donors (Lipinski definition) is 1. The Labute approximate surface area is 127 Å². The maximum Gasteiger partial charge on any atom is 0.0809 e. The van der Waals surface area contributed by atoms with E-state index in [1.807, 2.05) is 0 Å². The first-order valence-corrected chi connectivity index (χ1v) is 7.85. The van der Waals surface area contributed by atoms with Crippen LogP contribution in [0.3, 0.4) is 0 Å². The van der Waals surface area contributed by atoms with Gasteiger partial charge in [0.1, 0.15) is 0 Å². The summed E-state index contributed by atoms with van der Waals surface area (Å²) in [6, 6.07) is 8.53. The normalized spacial score (nSPS) is 18.2. The van der Waals surface area contributed by atoms with E-state index in [9.17, 15) is 0 Å². The van der Waals surface area contributed by atoms with Crippen LogP contribution < -0.4 is 5.32 Å². The molecule has 0 aliphatic carbocycles. The van der Waals surface area contributed by atoms with Gasteiger partial charge in [-0.25, -0.2) is 0 Å². The van der Waals surface area contributed by atoms with E-state index >= 15 is 0 Å². The molecule has 21 heavy (non-hydrogen) atoms. The van der Waals surface area contributed by atoms with Crippen LogP contribution in [0.5, 0.6) is 0 Å². The molecule has 1 fully saturated rings. The van der Waals surface area contributed by atoms with Gasteiger partial charge in [0.2, 0.25) is 0 Å². The van der Waals surface area contributed by atoms with E-state index in [1.54, 1.807) is 7.11 Å². The minimum atomic E-state index is 0.337. The van der Waals surface area contributed by atoms with Crippen LogP contribution in [-0.4, -0.2) is 39.6 Å². The van der Waals surface area contributed by atoms with Gasteiger partial charge in [-0.1, -0.05) is 24.3 Å². The van der Waals surface area contributed by atoms with E-state index in [1.165, 1.54) is 17.5 Å². The van der Waals surface area contributed by atoms with Crippen LogP contribution in [0.2, 0.25) is 0 Å². The van der Waals surface area contributed by atoms with Crippen LogP contribution >= 0.6 is 0 Å². The predicted molar refractivity (Wildman–Crippen MR) is 83.3 cm³/mol. The number of methoxy groups -OCH3 is 1. The van der Waals surface area contributed by atoms with E-state index in [-0.39, 0.29) is 0 Å². The van der Waals surface area contributed by atoms with Crippen molar-refractivity contribution in [2.45, 2.75) is 38.5 Å². The molecule has 4 nitrogen and oxygen atoms in total. The van der Waals surface area contributed by atoms with Crippen LogP contribution in [0.1, 0.15) is 30.4 Å². The summed E-state index contributed by atoms with van der Waals surface area (Å²) in [6.45, 7) is 5.01. The third-order valence-corrected chi connectivity index (χ3v) is 3.63. The van der Waals surface area contributed by atoms with Crippen molar-refractivity contribution in [3.8, 4) is 0 Å². The summed E-state index contributed by atoms with van der Waals surface area (Å²) < 4.78 is 16.3. The minimum absolute atomic E-state index is 0.337. The molecule has 1 heterocycles. The van der Waals surface area contributed by atoms with Gasteiger partial charge in [0, 0.05) is 26.9 Å². The fourth-order valence-corrected chi connectivity index (χ4v) is 2.44. The van der Waals surface area contributed by atoms with Gasteiger partial charge in [0.05, 0.1) is 19.3 Å². The van der Waals surface area contributed by atoms with Crippen molar-refractivity contribution >= 4 is 0 Å². The molecule has 0 spiro atoms. The van der Waals surface area contributed by atoms with Crippen LogP contribution in [0, 0.1) is 0 Å². The Balaban J connectivity index is 1.47. The SMILES string of the molecule is COCc1ccc(CNCCCOCC2CCCO2)cc1. The molecule has 1 aromatic rings. The zero-order chi connectivity index (χ0) is 14.8. The predicted octanol–water partition coefficient (Wildman–Crippen LogP) is 2.51. The highest BCUT2D eigenvalue weighted by Gasteiger charge is 2.14. The molecule has 0 amide bonds. The van der Waals surface area contributed by atoms with E-state index in [0.717, 1.165) is 45.8 Å². The zero-order valence-corrected chi connectivity index (χ0v) is 13.0. The number of benzene rings is 1. The monoisotopic (exact) mass is 293 g/mol. The summed E-state index contributed by atoms with van der Waals surface area (Å²) >= 11 is 0. The van der Waals surface area contributed by atoms with Gasteiger partial charge in [-0.2, -0.15) is 0 Å². The van der Waals surface area contributed by atoms with Crippen molar-refractivity contribution in [2.75, 3.05) is 33.5 Å². The lowest BCUT2D eigenvalue weighted by atomic mass is 10.1. The number of nitrogens with one attached hydrogen (secondary N) is 1. The molecule has 4 heteroatoms. The molecular formula is C17H27NO3. The van der Waals surface area contributed by atoms with Crippen LogP contribution in [0.15, 0.2) is 24.3 Å². The second-order valence-electron chi connectivity index (χ2n) is 5.49. The Morgan fingerprint density at radius 1 is 1.24 bits per heavy atom. The number of ether oxygens (including phenoxy) is 3. The van der Waals surface area contributed by atoms with E-state index in [2.05, 4.69) is 29.6 Å². The lowest BCUT2D eigenvalue weighted by molar-refractivity contribution is 0.0166. The van der Waals surface area contributed by atoms with Gasteiger partial charge in [0.25, 0.3) is 0 Å². The molecule has 1 N–H and O–H groups in total. The third kappa shape index (κ3) is 6.57. The van der Waals surface area contributed by atoms with Crippen molar-refractivity contribution < 1.29 is 14.2 Å². The molecule has 0 aromatic heterocycles. The van der Waals surface area contributed by atoms with Gasteiger partial charge in [-0.3, -0.25) is 0 Å². The molecule has 118 valence electrons. The Hall–Kier alpha value is -0.940. The van der Waals surface area contributed by atoms with E-state index in [0.29, 0.717) is 12.7 Å². The second kappa shape index (κ2) is 9.90. The topological polar surface area (TPSA) is 39.7 Å². The maximum absolute atomic E-state index is 5.63. The maximum atomic E-state index is 5.63. The average molecular weight is 293 g/mol. The zero-order valence-electron chi connectivity index (χ0n) is 13.0. The van der Waals surface area contributed by atoms with Crippen LogP contribution in [-0.2, 0) is 27.4 Å². The standard InChI is InChI=1S/C17H27NO3/c1-19-13-16-7-5-15(6-8-16)12-18-9-3-10-20-14-17-4-2-11-21-17/h5-8,17-18H,2-4,9-14H2,1H3. The van der Waals surface area contributed by atoms with Gasteiger partial charge >= 0.3 is 0 Å². The van der Waals surface area contributed by atoms with Gasteiger partial charge < -0.3 is 19.5 Å². The van der Waals surface area contributed by atoms with E-state index < -0.39 is 0 Å². The Kier molecular flexibility index (Phi) is 7.75. The third-order valence-electron chi connectivity index (χ3n) is 3.63. The van der Waals surface area contributed by atoms with Crippen molar-refractivity contribution in [3.05, 3.63) is 35.4 Å². The summed E-state index contributed by atoms with van der Waals surface area (Å²) in [7, 11) is 1.72. The molecule has 1 aliphatic heterocycles. The van der Waals surface area contributed by atoms with Crippen molar-refractivity contribution in [2.24, 2.45) is 0 Å². The first-order valence-electron chi connectivity index (χ1n) is 7.85. The average Bonchev–Trinajstić information content (AvgIpc) is 3.01. The molecule has 0 radical (unpaired) electrons. The molecule has 1 unspecified atom stereocenters. The molecular weight excluding hydrogens is 266 g/mol. The molecule has 1 saturated heterocycles. The summed E-state index contributed by atoms with van der Waals surface area (Å²) in [6.07, 6.45) is 3.70. The van der Waals surface area contributed by atoms with Gasteiger partial charge in [-0.15, -0.1) is 0 Å². The quantitative estimate of drug-likeness (QED) is 0.673. The molecule has 0 saturated carbocycles. The molecule has 0 bridgehead atoms. The second-order valence-corrected chi connectivity index (χ2v) is 5.49. The van der Waals surface area contributed by atoms with Gasteiger partial charge in [-0.05, 0) is 36.9 Å². The Morgan fingerprint density at radius 3 is 2.76 bits per heavy atom. The molecule has 1 aliphatic rings. The Morgan fingerprint density at radius 2 is 2.05 bits per heavy atom. The van der Waals surface area contributed by atoms with Crippen molar-refractivity contribution in [1.82, 2.24) is 5.32 Å². The fraction of sp³-hybridized carbons (Fsp3) is 0.647. The molecule has 2 rings (SSSR count). The van der Waals surface area contributed by atoms with E-state index in [4.69, 9.17) is 14.2 Å². The lowest BCUT2D eigenvalue weighted by Gasteiger charge is -2.10. The minimum Gasteiger partial charge on any atom is -0.380 e. The lowest BCUT2D eigenvalue weighted by Crippen LogP contribution is -2.19. The van der Waals surface area contributed by atoms with Crippen molar-refractivity contribution in [1.29, 1.82) is 0 Å².